The van der Waals surface area contributed by atoms with Crippen molar-refractivity contribution >= 4 is 96.9 Å². The number of fused-ring (bicyclic) bond motifs is 2. The van der Waals surface area contributed by atoms with Gasteiger partial charge in [-0.05, 0) is 78.5 Å². The number of rotatable bonds is 10. The molecular formula is C30H22ClN5O13S4. The van der Waals surface area contributed by atoms with Crippen LogP contribution in [0.3, 0.4) is 0 Å². The van der Waals surface area contributed by atoms with Crippen LogP contribution < -0.4 is 14.8 Å². The lowest BCUT2D eigenvalue weighted by Gasteiger charge is -2.14. The summed E-state index contributed by atoms with van der Waals surface area (Å²) in [5, 5.41) is 14.7. The summed E-state index contributed by atoms with van der Waals surface area (Å²) in [6.45, 7) is 1.75. The smallest absolute Gasteiger partial charge is 0.339 e. The van der Waals surface area contributed by atoms with Gasteiger partial charge < -0.3 is 19.9 Å². The number of benzene rings is 5. The van der Waals surface area contributed by atoms with Crippen LogP contribution in [-0.2, 0) is 40.5 Å². The Hall–Kier alpha value is -5.20. The summed E-state index contributed by atoms with van der Waals surface area (Å²) >= 11 is 6.10. The van der Waals surface area contributed by atoms with E-state index in [-0.39, 0.29) is 32.7 Å². The van der Waals surface area contributed by atoms with Gasteiger partial charge in [0.15, 0.2) is 5.75 Å². The van der Waals surface area contributed by atoms with Crippen molar-refractivity contribution in [3.05, 3.63) is 89.7 Å². The quantitative estimate of drug-likeness (QED) is 0.0795. The van der Waals surface area contributed by atoms with Crippen LogP contribution in [0.15, 0.2) is 98.4 Å². The van der Waals surface area contributed by atoms with E-state index >= 15 is 0 Å². The van der Waals surface area contributed by atoms with Crippen molar-refractivity contribution in [2.45, 2.75) is 26.5 Å². The second-order valence-corrected chi connectivity index (χ2v) is 17.2. The molecule has 1 aromatic heterocycles. The molecule has 276 valence electrons. The topological polar surface area (TPSA) is 289 Å². The van der Waals surface area contributed by atoms with E-state index < -0.39 is 89.0 Å². The lowest BCUT2D eigenvalue weighted by molar-refractivity contribution is 0.470. The molecule has 0 spiro atoms. The van der Waals surface area contributed by atoms with Crippen LogP contribution in [0.4, 0.5) is 23.3 Å². The minimum atomic E-state index is -5.17. The lowest BCUT2D eigenvalue weighted by atomic mass is 10.1. The van der Waals surface area contributed by atoms with Crippen LogP contribution >= 0.6 is 11.6 Å². The maximum atomic E-state index is 13.1. The SMILES string of the molecule is Cc1ccc(S(=O)(=O)Oc2cc(S(=O)(=O)O)cc3cc(Nc4nc(Cl)nc(Nc5ccc6c(O)cc(S(=O)(=O)O)cc6c5S(=O)(=O)O)n4)ccc23)cc1. The molecule has 0 aliphatic carbocycles. The minimum Gasteiger partial charge on any atom is -0.507 e. The van der Waals surface area contributed by atoms with Crippen molar-refractivity contribution in [2.24, 2.45) is 0 Å². The number of anilines is 4. The molecule has 18 nitrogen and oxygen atoms in total. The molecule has 0 bridgehead atoms. The molecule has 6 N–H and O–H groups in total. The van der Waals surface area contributed by atoms with Gasteiger partial charge in [0.1, 0.15) is 15.5 Å². The summed E-state index contributed by atoms with van der Waals surface area (Å²) in [6, 6.07) is 15.4. The second kappa shape index (κ2) is 13.3. The van der Waals surface area contributed by atoms with Crippen molar-refractivity contribution in [1.29, 1.82) is 0 Å². The summed E-state index contributed by atoms with van der Waals surface area (Å²) in [6.07, 6.45) is 0. The maximum absolute atomic E-state index is 13.1. The van der Waals surface area contributed by atoms with E-state index in [2.05, 4.69) is 25.6 Å². The Morgan fingerprint density at radius 2 is 1.23 bits per heavy atom. The van der Waals surface area contributed by atoms with Crippen LogP contribution in [0, 0.1) is 6.92 Å². The van der Waals surface area contributed by atoms with Crippen LogP contribution in [0.5, 0.6) is 11.5 Å². The minimum absolute atomic E-state index is 0.0687. The van der Waals surface area contributed by atoms with Gasteiger partial charge in [-0.2, -0.15) is 48.6 Å². The molecule has 0 unspecified atom stereocenters. The molecule has 6 aromatic rings. The molecule has 0 fully saturated rings. The Bertz CT molecular complexity index is 2950. The fourth-order valence-corrected chi connectivity index (χ4v) is 8.08. The van der Waals surface area contributed by atoms with E-state index in [0.29, 0.717) is 12.1 Å². The van der Waals surface area contributed by atoms with Gasteiger partial charge in [0, 0.05) is 34.0 Å². The zero-order chi connectivity index (χ0) is 38.7. The molecule has 5 aromatic carbocycles. The number of hydrogen-bond donors (Lipinski definition) is 6. The van der Waals surface area contributed by atoms with Crippen LogP contribution in [0.25, 0.3) is 21.5 Å². The van der Waals surface area contributed by atoms with Gasteiger partial charge in [-0.25, -0.2) is 0 Å². The van der Waals surface area contributed by atoms with Gasteiger partial charge in [-0.3, -0.25) is 13.7 Å². The number of phenolic OH excluding ortho intramolecular Hbond substituents is 1. The number of aryl methyl sites for hydroxylation is 1. The molecule has 1 heterocycles. The van der Waals surface area contributed by atoms with Crippen molar-refractivity contribution < 1.29 is 56.6 Å². The van der Waals surface area contributed by atoms with Crippen LogP contribution in [-0.4, -0.2) is 67.4 Å². The van der Waals surface area contributed by atoms with Crippen molar-refractivity contribution in [3.8, 4) is 11.5 Å². The highest BCUT2D eigenvalue weighted by Crippen LogP contribution is 2.38. The number of nitrogens with zero attached hydrogens (tertiary/aromatic N) is 3. The zero-order valence-corrected chi connectivity index (χ0v) is 30.3. The predicted molar refractivity (Wildman–Crippen MR) is 189 cm³/mol. The third-order valence-corrected chi connectivity index (χ3v) is 11.4. The van der Waals surface area contributed by atoms with E-state index in [4.69, 9.17) is 15.8 Å². The molecule has 0 aliphatic rings. The van der Waals surface area contributed by atoms with Crippen molar-refractivity contribution in [1.82, 2.24) is 15.0 Å². The van der Waals surface area contributed by atoms with Gasteiger partial charge in [0.25, 0.3) is 30.4 Å². The first-order chi connectivity index (χ1) is 24.6. The van der Waals surface area contributed by atoms with E-state index in [1.54, 1.807) is 19.1 Å². The molecule has 0 radical (unpaired) electrons. The monoisotopic (exact) mass is 823 g/mol. The van der Waals surface area contributed by atoms with E-state index in [0.717, 1.165) is 23.8 Å². The molecule has 0 saturated heterocycles. The standard InChI is InChI=1S/C30H22ClN5O13S4/c1-15-2-5-18(6-3-15)53(47,48)49-26-14-19(50(38,39)40)11-16-10-17(4-7-21(16)26)32-29-34-28(31)35-30(36-29)33-24-9-8-22-23(27(24)52(44,45)46)12-20(13-25(22)37)51(41,42)43/h2-14,37H,1H3,(H,38,39,40)(H,41,42,43)(H,44,45,46)(H2,32,33,34,35,36). The summed E-state index contributed by atoms with van der Waals surface area (Å²) in [5.74, 6) is -1.85. The Morgan fingerprint density at radius 3 is 1.85 bits per heavy atom. The van der Waals surface area contributed by atoms with Gasteiger partial charge in [0.05, 0.1) is 15.5 Å². The first kappa shape index (κ1) is 37.6. The first-order valence-electron chi connectivity index (χ1n) is 14.4. The molecule has 23 heteroatoms. The number of aromatic nitrogens is 3. The van der Waals surface area contributed by atoms with Gasteiger partial charge in [-0.15, -0.1) is 0 Å². The summed E-state index contributed by atoms with van der Waals surface area (Å²) in [5.41, 5.74) is 0.513. The number of aromatic hydroxyl groups is 1. The number of phenols is 1. The van der Waals surface area contributed by atoms with Crippen molar-refractivity contribution in [3.63, 3.8) is 0 Å². The fraction of sp³-hybridized carbons (Fsp3) is 0.0333. The highest BCUT2D eigenvalue weighted by Gasteiger charge is 2.25. The Labute approximate surface area is 305 Å². The third kappa shape index (κ3) is 8.08. The molecule has 53 heavy (non-hydrogen) atoms. The van der Waals surface area contributed by atoms with E-state index in [9.17, 15) is 52.4 Å². The number of hydrogen-bond acceptors (Lipinski definition) is 15. The summed E-state index contributed by atoms with van der Waals surface area (Å²) < 4.78 is 134. The molecule has 0 amide bonds. The Kier molecular flexibility index (Phi) is 9.45. The van der Waals surface area contributed by atoms with Crippen molar-refractivity contribution in [2.75, 3.05) is 10.6 Å². The lowest BCUT2D eigenvalue weighted by Crippen LogP contribution is -2.11. The largest absolute Gasteiger partial charge is 0.507 e. The van der Waals surface area contributed by atoms with E-state index in [1.807, 2.05) is 0 Å². The first-order valence-corrected chi connectivity index (χ1v) is 20.5. The highest BCUT2D eigenvalue weighted by atomic mass is 35.5. The van der Waals surface area contributed by atoms with Crippen LogP contribution in [0.1, 0.15) is 5.56 Å². The van der Waals surface area contributed by atoms with E-state index in [1.165, 1.54) is 36.4 Å². The molecule has 6 rings (SSSR count). The number of halogens is 1. The summed E-state index contributed by atoms with van der Waals surface area (Å²) in [7, 11) is -19.4. The average Bonchev–Trinajstić information content (AvgIpc) is 3.02. The molecular weight excluding hydrogens is 802 g/mol. The number of nitrogens with one attached hydrogen (secondary N) is 2. The maximum Gasteiger partial charge on any atom is 0.339 e. The van der Waals surface area contributed by atoms with Gasteiger partial charge in [0.2, 0.25) is 17.2 Å². The average molecular weight is 824 g/mol. The Balaban J connectivity index is 1.38. The fourth-order valence-electron chi connectivity index (χ4n) is 5.07. The van der Waals surface area contributed by atoms with Gasteiger partial charge >= 0.3 is 10.1 Å². The predicted octanol–water partition coefficient (Wildman–Crippen LogP) is 4.84. The third-order valence-electron chi connectivity index (χ3n) is 7.40. The normalized spacial score (nSPS) is 12.5. The molecule has 0 atom stereocenters. The molecule has 0 saturated carbocycles. The van der Waals surface area contributed by atoms with Gasteiger partial charge in [-0.1, -0.05) is 17.7 Å². The molecule has 0 aliphatic heterocycles. The summed E-state index contributed by atoms with van der Waals surface area (Å²) in [4.78, 5) is 9.24. The highest BCUT2D eigenvalue weighted by molar-refractivity contribution is 7.87. The Morgan fingerprint density at radius 1 is 0.623 bits per heavy atom. The van der Waals surface area contributed by atoms with Crippen LogP contribution in [0.2, 0.25) is 5.28 Å². The zero-order valence-electron chi connectivity index (χ0n) is 26.3. The second-order valence-electron chi connectivity index (χ2n) is 11.1.